The Morgan fingerprint density at radius 1 is 1.21 bits per heavy atom. The highest BCUT2D eigenvalue weighted by atomic mass is 19.3. The molecule has 3 heterocycles. The second kappa shape index (κ2) is 10.3. The van der Waals surface area contributed by atoms with E-state index in [4.69, 9.17) is 19.2 Å². The Hall–Kier alpha value is -2.33. The van der Waals surface area contributed by atoms with Crippen molar-refractivity contribution in [3.05, 3.63) is 17.7 Å². The molecule has 4 saturated carbocycles. The van der Waals surface area contributed by atoms with E-state index in [1.54, 1.807) is 0 Å². The topological polar surface area (TPSA) is 78.0 Å². The summed E-state index contributed by atoms with van der Waals surface area (Å²) in [6.07, 6.45) is 6.07. The molecule has 2 aliphatic heterocycles. The Labute approximate surface area is 228 Å². The summed E-state index contributed by atoms with van der Waals surface area (Å²) in [5.74, 6) is 2.04. The van der Waals surface area contributed by atoms with Gasteiger partial charge in [0.05, 0.1) is 19.3 Å². The minimum atomic E-state index is -2.75. The van der Waals surface area contributed by atoms with Gasteiger partial charge in [0.1, 0.15) is 30.5 Å². The number of esters is 1. The Morgan fingerprint density at radius 3 is 2.69 bits per heavy atom. The number of anilines is 1. The smallest absolute Gasteiger partial charge is 0.352 e. The van der Waals surface area contributed by atoms with Crippen molar-refractivity contribution in [2.45, 2.75) is 76.5 Å². The number of nitrogens with zero attached hydrogens (tertiary/aromatic N) is 3. The fourth-order valence-corrected chi connectivity index (χ4v) is 8.62. The third kappa shape index (κ3) is 4.81. The zero-order chi connectivity index (χ0) is 27.4. The van der Waals surface area contributed by atoms with Crippen molar-refractivity contribution < 1.29 is 37.1 Å². The highest BCUT2D eigenvalue weighted by molar-refractivity contribution is 5.92. The van der Waals surface area contributed by atoms with E-state index >= 15 is 0 Å². The molecule has 1 aromatic heterocycles. The van der Waals surface area contributed by atoms with E-state index < -0.39 is 12.2 Å². The van der Waals surface area contributed by atoms with Crippen LogP contribution in [0, 0.1) is 23.7 Å². The number of aromatic nitrogens is 1. The van der Waals surface area contributed by atoms with Crippen LogP contribution in [-0.2, 0) is 14.3 Å². The molecular weight excluding hydrogens is 508 g/mol. The first kappa shape index (κ1) is 26.9. The van der Waals surface area contributed by atoms with Crippen LogP contribution in [0.4, 0.5) is 14.6 Å². The second-order valence-corrected chi connectivity index (χ2v) is 12.5. The van der Waals surface area contributed by atoms with E-state index in [2.05, 4.69) is 4.90 Å². The monoisotopic (exact) mass is 548 g/mol. The van der Waals surface area contributed by atoms with Crippen molar-refractivity contribution in [1.29, 1.82) is 0 Å². The molecule has 1 aromatic rings. The molecule has 10 heteroatoms. The van der Waals surface area contributed by atoms with Gasteiger partial charge >= 0.3 is 18.5 Å². The number of amides is 1. The van der Waals surface area contributed by atoms with E-state index in [0.717, 1.165) is 51.1 Å². The first-order chi connectivity index (χ1) is 18.8. The largest absolute Gasteiger partial charge is 0.477 e. The molecule has 4 bridgehead atoms. The van der Waals surface area contributed by atoms with Crippen molar-refractivity contribution in [3.8, 4) is 5.88 Å². The number of halogens is 2. The molecule has 214 valence electrons. The van der Waals surface area contributed by atoms with Gasteiger partial charge in [-0.05, 0) is 68.9 Å². The highest BCUT2D eigenvalue weighted by Crippen LogP contribution is 2.65. The number of alkyl halides is 2. The third-order valence-electron chi connectivity index (χ3n) is 10.1. The molecule has 6 aliphatic rings. The Morgan fingerprint density at radius 2 is 2.00 bits per heavy atom. The summed E-state index contributed by atoms with van der Waals surface area (Å²) < 4.78 is 42.9. The van der Waals surface area contributed by atoms with Crippen LogP contribution >= 0.6 is 0 Å². The number of methoxy groups -OCH3 is 1. The predicted molar refractivity (Wildman–Crippen MR) is 138 cm³/mol. The van der Waals surface area contributed by atoms with Crippen LogP contribution in [-0.4, -0.2) is 79.5 Å². The first-order valence-electron chi connectivity index (χ1n) is 14.6. The van der Waals surface area contributed by atoms with Gasteiger partial charge in [0, 0.05) is 31.3 Å². The number of hydrogen-bond acceptors (Lipinski definition) is 7. The highest BCUT2D eigenvalue weighted by Gasteiger charge is 2.72. The van der Waals surface area contributed by atoms with Crippen molar-refractivity contribution >= 4 is 17.7 Å². The van der Waals surface area contributed by atoms with Crippen LogP contribution in [0.15, 0.2) is 12.1 Å². The number of piperidine rings is 1. The molecule has 8 nitrogen and oxygen atoms in total. The summed E-state index contributed by atoms with van der Waals surface area (Å²) in [6.45, 7) is 2.84. The van der Waals surface area contributed by atoms with Crippen LogP contribution in [0.3, 0.4) is 0 Å². The maximum Gasteiger partial charge on any atom is 0.352 e. The number of rotatable bonds is 10. The molecular formula is C29H40F2N3O5+. The van der Waals surface area contributed by atoms with Crippen molar-refractivity contribution in [2.24, 2.45) is 23.7 Å². The summed E-state index contributed by atoms with van der Waals surface area (Å²) >= 11 is 0. The minimum Gasteiger partial charge on any atom is -0.477 e. The van der Waals surface area contributed by atoms with Gasteiger partial charge in [0.2, 0.25) is 5.88 Å². The lowest BCUT2D eigenvalue weighted by atomic mass is 9.75. The fourth-order valence-electron chi connectivity index (χ4n) is 8.62. The average molecular weight is 549 g/mol. The molecule has 39 heavy (non-hydrogen) atoms. The first-order valence-corrected chi connectivity index (χ1v) is 14.6. The summed E-state index contributed by atoms with van der Waals surface area (Å²) in [5.41, 5.74) is -0.186. The van der Waals surface area contributed by atoms with Gasteiger partial charge < -0.3 is 19.1 Å². The quantitative estimate of drug-likeness (QED) is 0.243. The molecule has 6 atom stereocenters. The Kier molecular flexibility index (Phi) is 7.06. The maximum absolute atomic E-state index is 14.2. The van der Waals surface area contributed by atoms with Crippen LogP contribution < -0.4 is 9.64 Å². The number of ether oxygens (including phenoxy) is 3. The summed E-state index contributed by atoms with van der Waals surface area (Å²) in [4.78, 5) is 33.1. The SMILES string of the molecule is CCCOc1nc(N2CCC[C@@H](CC(=O)OC)C2)ccc1C(=O)[N+]1(C2C3CC4C[C@@](OC(F)F)(C3)CC42)CC1. The number of pyridine rings is 1. The standard InChI is InChI=1S/C29H40F2N3O5/c1-3-11-38-26-21(6-7-23(32-26)33-8-4-5-18(17-33)12-24(35)37-2)27(36)34(9-10-34)25-20-13-19-14-29(15-20,16-22(19)25)39-28(30)31/h6-7,18-20,22,25,28H,3-5,8-17H2,1-2H3/q+1/t18-,19?,20?,22?,25?,29+/m0/s1. The van der Waals surface area contributed by atoms with E-state index in [0.29, 0.717) is 60.7 Å². The predicted octanol–water partition coefficient (Wildman–Crippen LogP) is 4.42. The maximum atomic E-state index is 14.2. The molecule has 0 radical (unpaired) electrons. The third-order valence-corrected chi connectivity index (χ3v) is 10.1. The summed E-state index contributed by atoms with van der Waals surface area (Å²) in [7, 11) is 1.42. The average Bonchev–Trinajstić information content (AvgIpc) is 3.62. The molecule has 0 aromatic carbocycles. The van der Waals surface area contributed by atoms with Crippen LogP contribution in [0.1, 0.15) is 68.6 Å². The van der Waals surface area contributed by atoms with Crippen LogP contribution in [0.2, 0.25) is 0 Å². The lowest BCUT2D eigenvalue weighted by Gasteiger charge is -2.42. The lowest BCUT2D eigenvalue weighted by molar-refractivity contribution is -0.753. The molecule has 2 saturated heterocycles. The zero-order valence-electron chi connectivity index (χ0n) is 23.0. The van der Waals surface area contributed by atoms with Gasteiger partial charge in [0.25, 0.3) is 0 Å². The summed E-state index contributed by atoms with van der Waals surface area (Å²) in [5, 5.41) is 0. The van der Waals surface area contributed by atoms with Gasteiger partial charge in [-0.1, -0.05) is 6.92 Å². The lowest BCUT2D eigenvalue weighted by Crippen LogP contribution is -2.53. The molecule has 0 spiro atoms. The van der Waals surface area contributed by atoms with Crippen molar-refractivity contribution in [1.82, 2.24) is 4.98 Å². The summed E-state index contributed by atoms with van der Waals surface area (Å²) in [6, 6.07) is 3.94. The Bertz CT molecular complexity index is 1110. The number of quaternary nitrogens is 1. The van der Waals surface area contributed by atoms with Gasteiger partial charge in [-0.15, -0.1) is 0 Å². The molecule has 1 amide bonds. The fraction of sp³-hybridized carbons (Fsp3) is 0.759. The van der Waals surface area contributed by atoms with Gasteiger partial charge in [-0.25, -0.2) is 9.28 Å². The molecule has 4 unspecified atom stereocenters. The molecule has 4 aliphatic carbocycles. The van der Waals surface area contributed by atoms with E-state index in [1.807, 2.05) is 19.1 Å². The number of hydrogen-bond donors (Lipinski definition) is 0. The van der Waals surface area contributed by atoms with Gasteiger partial charge in [-0.3, -0.25) is 4.79 Å². The van der Waals surface area contributed by atoms with E-state index in [9.17, 15) is 18.4 Å². The molecule has 0 N–H and O–H groups in total. The molecule has 6 fully saturated rings. The van der Waals surface area contributed by atoms with Gasteiger partial charge in [0.15, 0.2) is 0 Å². The molecule has 7 rings (SSSR count). The van der Waals surface area contributed by atoms with Crippen molar-refractivity contribution in [3.63, 3.8) is 0 Å². The zero-order valence-corrected chi connectivity index (χ0v) is 23.0. The van der Waals surface area contributed by atoms with Gasteiger partial charge in [-0.2, -0.15) is 13.8 Å². The van der Waals surface area contributed by atoms with Crippen molar-refractivity contribution in [2.75, 3.05) is 44.8 Å². The van der Waals surface area contributed by atoms with E-state index in [1.165, 1.54) is 7.11 Å². The minimum absolute atomic E-state index is 0.0483. The van der Waals surface area contributed by atoms with Crippen LogP contribution in [0.25, 0.3) is 0 Å². The number of carbonyl (C=O) groups is 2. The number of carbonyl (C=O) groups excluding carboxylic acids is 2. The van der Waals surface area contributed by atoms with E-state index in [-0.39, 0.29) is 35.7 Å². The normalized spacial score (nSPS) is 34.0. The van der Waals surface area contributed by atoms with Crippen LogP contribution in [0.5, 0.6) is 5.88 Å². The Balaban J connectivity index is 1.23. The second-order valence-electron chi connectivity index (χ2n) is 12.5.